The standard InChI is InChI=1S/C18H23N5O3S2/c1-18(2,3)11-4-6-12(7-5-11)27-15-10-13(28(24,25)26)8-9-14(15)22-17(21)23-16(19)20/h4-10H,1-3H3,(H,24,25,26)(H6,19,20,21,22,23). The maximum atomic E-state index is 11.5. The Labute approximate surface area is 168 Å². The van der Waals surface area contributed by atoms with Crippen molar-refractivity contribution in [2.75, 3.05) is 0 Å². The van der Waals surface area contributed by atoms with Crippen molar-refractivity contribution in [2.45, 2.75) is 40.9 Å². The van der Waals surface area contributed by atoms with Gasteiger partial charge >= 0.3 is 0 Å². The Bertz CT molecular complexity index is 1020. The first-order valence-electron chi connectivity index (χ1n) is 8.20. The number of hydrogen-bond donors (Lipinski definition) is 4. The smallest absolute Gasteiger partial charge is 0.294 e. The predicted octanol–water partition coefficient (Wildman–Crippen LogP) is 2.60. The van der Waals surface area contributed by atoms with Gasteiger partial charge in [-0.15, -0.1) is 0 Å². The Morgan fingerprint density at radius 1 is 1.04 bits per heavy atom. The van der Waals surface area contributed by atoms with E-state index in [1.165, 1.54) is 35.5 Å². The van der Waals surface area contributed by atoms with Crippen molar-refractivity contribution in [3.05, 3.63) is 48.0 Å². The molecule has 0 atom stereocenters. The summed E-state index contributed by atoms with van der Waals surface area (Å²) in [5, 5.41) is 0. The molecule has 7 N–H and O–H groups in total. The van der Waals surface area contributed by atoms with Crippen LogP contribution >= 0.6 is 11.8 Å². The molecule has 0 fully saturated rings. The lowest BCUT2D eigenvalue weighted by Gasteiger charge is -2.19. The van der Waals surface area contributed by atoms with E-state index in [1.807, 2.05) is 24.3 Å². The van der Waals surface area contributed by atoms with Gasteiger partial charge in [0.15, 0.2) is 5.96 Å². The van der Waals surface area contributed by atoms with Crippen LogP contribution in [-0.4, -0.2) is 24.9 Å². The summed E-state index contributed by atoms with van der Waals surface area (Å²) in [5.74, 6) is -0.424. The van der Waals surface area contributed by atoms with Gasteiger partial charge in [-0.25, -0.2) is 4.99 Å². The van der Waals surface area contributed by atoms with E-state index < -0.39 is 10.1 Å². The second-order valence-corrected chi connectivity index (χ2v) is 9.52. The largest absolute Gasteiger partial charge is 0.370 e. The lowest BCUT2D eigenvalue weighted by molar-refractivity contribution is 0.483. The molecular weight excluding hydrogens is 398 g/mol. The molecule has 0 unspecified atom stereocenters. The van der Waals surface area contributed by atoms with Crippen LogP contribution in [0.2, 0.25) is 0 Å². The van der Waals surface area contributed by atoms with E-state index in [-0.39, 0.29) is 22.2 Å². The summed E-state index contributed by atoms with van der Waals surface area (Å²) in [4.78, 5) is 8.85. The van der Waals surface area contributed by atoms with E-state index >= 15 is 0 Å². The topological polar surface area (TPSA) is 157 Å². The summed E-state index contributed by atoms with van der Waals surface area (Å²) in [6, 6.07) is 11.8. The first-order valence-corrected chi connectivity index (χ1v) is 10.5. The lowest BCUT2D eigenvalue weighted by Crippen LogP contribution is -2.26. The molecule has 0 aliphatic carbocycles. The number of aliphatic imine (C=N–C) groups is 2. The molecule has 0 bridgehead atoms. The number of nitrogens with zero attached hydrogens (tertiary/aromatic N) is 2. The van der Waals surface area contributed by atoms with Crippen LogP contribution in [0.5, 0.6) is 0 Å². The third-order valence-corrected chi connectivity index (χ3v) is 5.56. The Balaban J connectivity index is 2.48. The number of nitrogens with two attached hydrogens (primary N) is 3. The average molecular weight is 422 g/mol. The van der Waals surface area contributed by atoms with Crippen LogP contribution in [0, 0.1) is 0 Å². The maximum absolute atomic E-state index is 11.5. The summed E-state index contributed by atoms with van der Waals surface area (Å²) in [6.07, 6.45) is 0. The highest BCUT2D eigenvalue weighted by atomic mass is 32.2. The minimum absolute atomic E-state index is 0.0120. The third kappa shape index (κ3) is 5.98. The van der Waals surface area contributed by atoms with E-state index in [4.69, 9.17) is 17.2 Å². The molecule has 0 amide bonds. The Kier molecular flexibility index (Phi) is 6.37. The van der Waals surface area contributed by atoms with Gasteiger partial charge in [0.25, 0.3) is 10.1 Å². The zero-order chi connectivity index (χ0) is 21.1. The van der Waals surface area contributed by atoms with Crippen molar-refractivity contribution in [1.82, 2.24) is 0 Å². The van der Waals surface area contributed by atoms with E-state index in [2.05, 4.69) is 30.8 Å². The highest BCUT2D eigenvalue weighted by Crippen LogP contribution is 2.37. The predicted molar refractivity (Wildman–Crippen MR) is 113 cm³/mol. The molecule has 150 valence electrons. The minimum Gasteiger partial charge on any atom is -0.370 e. The Morgan fingerprint density at radius 2 is 1.64 bits per heavy atom. The van der Waals surface area contributed by atoms with Crippen LogP contribution in [0.4, 0.5) is 5.69 Å². The molecule has 0 saturated carbocycles. The van der Waals surface area contributed by atoms with Crippen molar-refractivity contribution in [2.24, 2.45) is 27.2 Å². The average Bonchev–Trinajstić information content (AvgIpc) is 2.54. The second-order valence-electron chi connectivity index (χ2n) is 6.99. The fourth-order valence-corrected chi connectivity index (χ4v) is 3.77. The molecule has 10 heteroatoms. The molecule has 0 spiro atoms. The number of benzene rings is 2. The van der Waals surface area contributed by atoms with Crippen LogP contribution in [-0.2, 0) is 15.5 Å². The van der Waals surface area contributed by atoms with Crippen LogP contribution in [0.1, 0.15) is 26.3 Å². The normalized spacial score (nSPS) is 12.6. The molecule has 0 heterocycles. The lowest BCUT2D eigenvalue weighted by atomic mass is 9.87. The summed E-state index contributed by atoms with van der Waals surface area (Å²) >= 11 is 1.28. The van der Waals surface area contributed by atoms with E-state index in [1.54, 1.807) is 0 Å². The first kappa shape index (κ1) is 21.7. The van der Waals surface area contributed by atoms with Gasteiger partial charge in [-0.1, -0.05) is 44.7 Å². The van der Waals surface area contributed by atoms with Gasteiger partial charge in [0, 0.05) is 9.79 Å². The van der Waals surface area contributed by atoms with Crippen LogP contribution in [0.15, 0.2) is 67.1 Å². The third-order valence-electron chi connectivity index (χ3n) is 3.66. The van der Waals surface area contributed by atoms with Crippen LogP contribution in [0.25, 0.3) is 0 Å². The van der Waals surface area contributed by atoms with Crippen LogP contribution < -0.4 is 17.2 Å². The van der Waals surface area contributed by atoms with Gasteiger partial charge in [-0.05, 0) is 41.3 Å². The summed E-state index contributed by atoms with van der Waals surface area (Å²) in [7, 11) is -4.37. The summed E-state index contributed by atoms with van der Waals surface area (Å²) in [5.41, 5.74) is 17.8. The molecule has 2 rings (SSSR count). The molecule has 0 aliphatic heterocycles. The zero-order valence-electron chi connectivity index (χ0n) is 15.7. The Hall–Kier alpha value is -2.56. The Morgan fingerprint density at radius 3 is 2.14 bits per heavy atom. The van der Waals surface area contributed by atoms with Gasteiger partial charge in [0.1, 0.15) is 0 Å². The first-order chi connectivity index (χ1) is 12.9. The van der Waals surface area contributed by atoms with Gasteiger partial charge in [0.2, 0.25) is 5.96 Å². The van der Waals surface area contributed by atoms with Crippen molar-refractivity contribution in [3.63, 3.8) is 0 Å². The van der Waals surface area contributed by atoms with Crippen LogP contribution in [0.3, 0.4) is 0 Å². The van der Waals surface area contributed by atoms with Crippen molar-refractivity contribution >= 4 is 39.5 Å². The summed E-state index contributed by atoms with van der Waals surface area (Å²) < 4.78 is 32.3. The second kappa shape index (κ2) is 8.21. The molecule has 0 aliphatic rings. The number of rotatable bonds is 4. The maximum Gasteiger partial charge on any atom is 0.294 e. The molecule has 0 aromatic heterocycles. The quantitative estimate of drug-likeness (QED) is 0.335. The highest BCUT2D eigenvalue weighted by Gasteiger charge is 2.16. The van der Waals surface area contributed by atoms with Gasteiger partial charge in [0.05, 0.1) is 10.6 Å². The van der Waals surface area contributed by atoms with E-state index in [0.29, 0.717) is 10.6 Å². The van der Waals surface area contributed by atoms with Gasteiger partial charge < -0.3 is 17.2 Å². The molecule has 2 aromatic rings. The van der Waals surface area contributed by atoms with Gasteiger partial charge in [-0.3, -0.25) is 4.55 Å². The zero-order valence-corrected chi connectivity index (χ0v) is 17.4. The monoisotopic (exact) mass is 421 g/mol. The molecule has 0 radical (unpaired) electrons. The van der Waals surface area contributed by atoms with Gasteiger partial charge in [-0.2, -0.15) is 13.4 Å². The van der Waals surface area contributed by atoms with Crippen molar-refractivity contribution in [3.8, 4) is 0 Å². The number of guanidine groups is 2. The highest BCUT2D eigenvalue weighted by molar-refractivity contribution is 7.99. The van der Waals surface area contributed by atoms with Crippen molar-refractivity contribution in [1.29, 1.82) is 0 Å². The molecule has 0 saturated heterocycles. The molecule has 8 nitrogen and oxygen atoms in total. The fourth-order valence-electron chi connectivity index (χ4n) is 2.26. The molecule has 28 heavy (non-hydrogen) atoms. The molecular formula is C18H23N5O3S2. The van der Waals surface area contributed by atoms with E-state index in [9.17, 15) is 13.0 Å². The molecule has 2 aromatic carbocycles. The minimum atomic E-state index is -4.37. The fraction of sp³-hybridized carbons (Fsp3) is 0.222. The van der Waals surface area contributed by atoms with Crippen molar-refractivity contribution < 1.29 is 13.0 Å². The SMILES string of the molecule is CC(C)(C)c1ccc(Sc2cc(S(=O)(=O)O)ccc2N=C(N)N=C(N)N)cc1. The summed E-state index contributed by atoms with van der Waals surface area (Å²) in [6.45, 7) is 6.35. The number of hydrogen-bond acceptors (Lipinski definition) is 4. The van der Waals surface area contributed by atoms with E-state index in [0.717, 1.165) is 4.90 Å².